The number of benzene rings is 1. The Morgan fingerprint density at radius 2 is 1.65 bits per heavy atom. The molecule has 31 heavy (non-hydrogen) atoms. The maximum atomic E-state index is 12.6. The number of likely N-dealkylation sites (tertiary alicyclic amines) is 1. The van der Waals surface area contributed by atoms with Crippen molar-refractivity contribution in [3.05, 3.63) is 29.3 Å². The largest absolute Gasteiger partial charge is 0.491 e. The van der Waals surface area contributed by atoms with Gasteiger partial charge >= 0.3 is 0 Å². The predicted molar refractivity (Wildman–Crippen MR) is 122 cm³/mol. The van der Waals surface area contributed by atoms with E-state index in [9.17, 15) is 9.59 Å². The summed E-state index contributed by atoms with van der Waals surface area (Å²) in [6.45, 7) is 12.3. The highest BCUT2D eigenvalue weighted by atomic mass is 16.5. The Morgan fingerprint density at radius 3 is 2.29 bits per heavy atom. The molecule has 0 spiro atoms. The van der Waals surface area contributed by atoms with Crippen molar-refractivity contribution in [1.82, 2.24) is 20.0 Å². The normalized spacial score (nSPS) is 20.5. The second-order valence-corrected chi connectivity index (χ2v) is 8.90. The van der Waals surface area contributed by atoms with E-state index in [4.69, 9.17) is 4.74 Å². The summed E-state index contributed by atoms with van der Waals surface area (Å²) >= 11 is 0. The van der Waals surface area contributed by atoms with E-state index in [1.807, 2.05) is 36.9 Å². The molecule has 1 aromatic carbocycles. The van der Waals surface area contributed by atoms with Crippen LogP contribution in [0.5, 0.6) is 5.75 Å². The minimum absolute atomic E-state index is 0.0248. The molecule has 0 radical (unpaired) electrons. The number of carbonyl (C=O) groups excluding carboxylic acids is 2. The van der Waals surface area contributed by atoms with Crippen molar-refractivity contribution in [2.24, 2.45) is 0 Å². The molecule has 1 atom stereocenters. The number of nitrogens with zero attached hydrogens (tertiary/aromatic N) is 3. The number of ether oxygens (including phenoxy) is 1. The lowest BCUT2D eigenvalue weighted by Gasteiger charge is -2.37. The highest BCUT2D eigenvalue weighted by molar-refractivity contribution is 5.79. The topological polar surface area (TPSA) is 65.1 Å². The van der Waals surface area contributed by atoms with Crippen LogP contribution in [0.3, 0.4) is 0 Å². The molecule has 2 amide bonds. The molecule has 2 heterocycles. The van der Waals surface area contributed by atoms with Crippen molar-refractivity contribution in [2.75, 3.05) is 59.0 Å². The van der Waals surface area contributed by atoms with Crippen molar-refractivity contribution in [3.63, 3.8) is 0 Å². The van der Waals surface area contributed by atoms with Crippen LogP contribution in [0.4, 0.5) is 0 Å². The van der Waals surface area contributed by atoms with Gasteiger partial charge in [-0.1, -0.05) is 18.2 Å². The van der Waals surface area contributed by atoms with Crippen LogP contribution < -0.4 is 10.1 Å². The van der Waals surface area contributed by atoms with E-state index in [0.29, 0.717) is 32.3 Å². The number of nitrogens with one attached hydrogen (secondary N) is 1. The van der Waals surface area contributed by atoms with Gasteiger partial charge in [-0.05, 0) is 51.2 Å². The number of hydrogen-bond acceptors (Lipinski definition) is 5. The van der Waals surface area contributed by atoms with Crippen LogP contribution in [-0.2, 0) is 9.59 Å². The van der Waals surface area contributed by atoms with Crippen LogP contribution in [0.15, 0.2) is 18.2 Å². The van der Waals surface area contributed by atoms with Crippen LogP contribution in [0.25, 0.3) is 0 Å². The monoisotopic (exact) mass is 430 g/mol. The lowest BCUT2D eigenvalue weighted by Crippen LogP contribution is -2.53. The number of hydrogen-bond donors (Lipinski definition) is 1. The fourth-order valence-electron chi connectivity index (χ4n) is 4.49. The highest BCUT2D eigenvalue weighted by Crippen LogP contribution is 2.22. The van der Waals surface area contributed by atoms with Crippen LogP contribution >= 0.6 is 0 Å². The van der Waals surface area contributed by atoms with Gasteiger partial charge in [-0.15, -0.1) is 0 Å². The Labute approximate surface area is 186 Å². The molecule has 0 aliphatic carbocycles. The average Bonchev–Trinajstić information content (AvgIpc) is 2.74. The number of piperazine rings is 1. The minimum atomic E-state index is 0.0248. The Bertz CT molecular complexity index is 726. The lowest BCUT2D eigenvalue weighted by molar-refractivity contribution is -0.136. The van der Waals surface area contributed by atoms with E-state index in [0.717, 1.165) is 62.4 Å². The molecule has 2 aliphatic rings. The molecule has 7 nitrogen and oxygen atoms in total. The Balaban J connectivity index is 1.30. The van der Waals surface area contributed by atoms with Crippen molar-refractivity contribution >= 4 is 11.8 Å². The van der Waals surface area contributed by atoms with Crippen molar-refractivity contribution < 1.29 is 14.3 Å². The minimum Gasteiger partial charge on any atom is -0.491 e. The third-order valence-corrected chi connectivity index (χ3v) is 6.39. The van der Waals surface area contributed by atoms with Crippen LogP contribution in [0.1, 0.15) is 37.3 Å². The molecular formula is C24H38N4O3. The molecule has 0 saturated carbocycles. The van der Waals surface area contributed by atoms with Gasteiger partial charge in [0.05, 0.1) is 19.6 Å². The number of para-hydroxylation sites is 1. The first-order valence-corrected chi connectivity index (χ1v) is 11.6. The summed E-state index contributed by atoms with van der Waals surface area (Å²) < 4.78 is 5.85. The average molecular weight is 431 g/mol. The standard InChI is InChI=1S/C24H38N4O3/c1-19-7-6-8-20(2)24(19)31-16-10-25-22(29)17-26-12-14-27(15-13-26)18-23(30)28-11-5-4-9-21(28)3/h6-8,21H,4-5,9-18H2,1-3H3,(H,25,29). The molecule has 0 bridgehead atoms. The van der Waals surface area contributed by atoms with Crippen LogP contribution in [0, 0.1) is 13.8 Å². The Kier molecular flexibility index (Phi) is 8.72. The number of carbonyl (C=O) groups is 2. The second-order valence-electron chi connectivity index (χ2n) is 8.90. The van der Waals surface area contributed by atoms with Gasteiger partial charge in [0.15, 0.2) is 0 Å². The molecule has 2 saturated heterocycles. The van der Waals surface area contributed by atoms with E-state index in [1.54, 1.807) is 0 Å². The maximum Gasteiger partial charge on any atom is 0.236 e. The van der Waals surface area contributed by atoms with Crippen molar-refractivity contribution in [1.29, 1.82) is 0 Å². The van der Waals surface area contributed by atoms with Gasteiger partial charge in [0, 0.05) is 38.8 Å². The summed E-state index contributed by atoms with van der Waals surface area (Å²) in [4.78, 5) is 31.3. The predicted octanol–water partition coefficient (Wildman–Crippen LogP) is 1.82. The number of aryl methyl sites for hydroxylation is 2. The van der Waals surface area contributed by atoms with E-state index in [-0.39, 0.29) is 11.8 Å². The third-order valence-electron chi connectivity index (χ3n) is 6.39. The summed E-state index contributed by atoms with van der Waals surface area (Å²) in [6, 6.07) is 6.44. The summed E-state index contributed by atoms with van der Waals surface area (Å²) in [5.74, 6) is 1.18. The molecule has 172 valence electrons. The van der Waals surface area contributed by atoms with Crippen LogP contribution in [0.2, 0.25) is 0 Å². The molecule has 1 aromatic rings. The number of piperidine rings is 1. The van der Waals surface area contributed by atoms with Gasteiger partial charge in [0.1, 0.15) is 12.4 Å². The Hall–Kier alpha value is -2.12. The first-order chi connectivity index (χ1) is 14.9. The molecule has 3 rings (SSSR count). The quantitative estimate of drug-likeness (QED) is 0.638. The van der Waals surface area contributed by atoms with Gasteiger partial charge in [-0.3, -0.25) is 19.4 Å². The fourth-order valence-corrected chi connectivity index (χ4v) is 4.49. The first-order valence-electron chi connectivity index (χ1n) is 11.6. The number of rotatable bonds is 8. The zero-order valence-electron chi connectivity index (χ0n) is 19.4. The van der Waals surface area contributed by atoms with Gasteiger partial charge in [-0.2, -0.15) is 0 Å². The van der Waals surface area contributed by atoms with E-state index in [1.165, 1.54) is 6.42 Å². The molecule has 0 aromatic heterocycles. The third kappa shape index (κ3) is 6.94. The molecule has 2 aliphatic heterocycles. The maximum absolute atomic E-state index is 12.6. The molecular weight excluding hydrogens is 392 g/mol. The Morgan fingerprint density at radius 1 is 1.00 bits per heavy atom. The zero-order chi connectivity index (χ0) is 22.2. The van der Waals surface area contributed by atoms with Gasteiger partial charge in [-0.25, -0.2) is 0 Å². The fraction of sp³-hybridized carbons (Fsp3) is 0.667. The number of amides is 2. The second kappa shape index (κ2) is 11.5. The SMILES string of the molecule is Cc1cccc(C)c1OCCNC(=O)CN1CCN(CC(=O)N2CCCCC2C)CC1. The van der Waals surface area contributed by atoms with E-state index < -0.39 is 0 Å². The van der Waals surface area contributed by atoms with Crippen molar-refractivity contribution in [2.45, 2.75) is 46.1 Å². The summed E-state index contributed by atoms with van der Waals surface area (Å²) in [5.41, 5.74) is 2.22. The highest BCUT2D eigenvalue weighted by Gasteiger charge is 2.26. The van der Waals surface area contributed by atoms with Crippen LogP contribution in [-0.4, -0.2) is 91.5 Å². The lowest BCUT2D eigenvalue weighted by atomic mass is 10.0. The molecule has 1 unspecified atom stereocenters. The van der Waals surface area contributed by atoms with E-state index in [2.05, 4.69) is 22.0 Å². The van der Waals surface area contributed by atoms with Gasteiger partial charge in [0.2, 0.25) is 11.8 Å². The summed E-state index contributed by atoms with van der Waals surface area (Å²) in [6.07, 6.45) is 3.46. The molecule has 2 fully saturated rings. The zero-order valence-corrected chi connectivity index (χ0v) is 19.4. The smallest absolute Gasteiger partial charge is 0.236 e. The summed E-state index contributed by atoms with van der Waals surface area (Å²) in [7, 11) is 0. The van der Waals surface area contributed by atoms with Crippen molar-refractivity contribution in [3.8, 4) is 5.75 Å². The molecule has 7 heteroatoms. The van der Waals surface area contributed by atoms with Gasteiger partial charge < -0.3 is 15.0 Å². The first kappa shape index (κ1) is 23.5. The summed E-state index contributed by atoms with van der Waals surface area (Å²) in [5, 5.41) is 2.95. The molecule has 1 N–H and O–H groups in total. The van der Waals surface area contributed by atoms with E-state index >= 15 is 0 Å². The van der Waals surface area contributed by atoms with Gasteiger partial charge in [0.25, 0.3) is 0 Å².